The molecule has 0 aliphatic heterocycles. The van der Waals surface area contributed by atoms with Crippen LogP contribution in [0, 0.1) is 19.7 Å². The third-order valence-corrected chi connectivity index (χ3v) is 2.71. The maximum absolute atomic E-state index is 13.3. The molecule has 0 aliphatic carbocycles. The first-order valence-corrected chi connectivity index (χ1v) is 5.79. The van der Waals surface area contributed by atoms with Gasteiger partial charge < -0.3 is 4.74 Å². The van der Waals surface area contributed by atoms with Crippen LogP contribution in [-0.4, -0.2) is 9.97 Å². The van der Waals surface area contributed by atoms with Crippen LogP contribution in [0.2, 0.25) is 0 Å². The molecule has 0 unspecified atom stereocenters. The highest BCUT2D eigenvalue weighted by molar-refractivity contribution is 9.10. The van der Waals surface area contributed by atoms with E-state index in [9.17, 15) is 4.39 Å². The van der Waals surface area contributed by atoms with Gasteiger partial charge in [-0.25, -0.2) is 14.4 Å². The standard InChI is InChI=1S/C12H10BrFN2O/c1-7-5-8(2)16-12(15-7)17-9-3-4-10(13)11(14)6-9/h3-6H,1-2H3. The molecule has 0 fully saturated rings. The molecule has 0 N–H and O–H groups in total. The van der Waals surface area contributed by atoms with Gasteiger partial charge in [-0.2, -0.15) is 0 Å². The Labute approximate surface area is 107 Å². The molecule has 0 atom stereocenters. The molecular weight excluding hydrogens is 287 g/mol. The Hall–Kier alpha value is -1.49. The fourth-order valence-corrected chi connectivity index (χ4v) is 1.63. The fourth-order valence-electron chi connectivity index (χ4n) is 1.38. The number of benzene rings is 1. The second kappa shape index (κ2) is 4.79. The summed E-state index contributed by atoms with van der Waals surface area (Å²) in [6.07, 6.45) is 0. The van der Waals surface area contributed by atoms with Crippen molar-refractivity contribution < 1.29 is 9.13 Å². The minimum absolute atomic E-state index is 0.226. The molecule has 1 heterocycles. The molecule has 0 saturated heterocycles. The Balaban J connectivity index is 2.28. The van der Waals surface area contributed by atoms with Crippen molar-refractivity contribution in [3.05, 3.63) is 45.9 Å². The van der Waals surface area contributed by atoms with E-state index in [-0.39, 0.29) is 11.8 Å². The van der Waals surface area contributed by atoms with Gasteiger partial charge in [0.15, 0.2) is 0 Å². The van der Waals surface area contributed by atoms with Crippen molar-refractivity contribution in [1.29, 1.82) is 0 Å². The first-order chi connectivity index (χ1) is 8.04. The highest BCUT2D eigenvalue weighted by Gasteiger charge is 2.05. The maximum atomic E-state index is 13.3. The molecule has 1 aromatic heterocycles. The summed E-state index contributed by atoms with van der Waals surface area (Å²) in [6.45, 7) is 3.70. The number of ether oxygens (including phenoxy) is 1. The van der Waals surface area contributed by atoms with Crippen molar-refractivity contribution in [2.24, 2.45) is 0 Å². The van der Waals surface area contributed by atoms with E-state index < -0.39 is 0 Å². The average Bonchev–Trinajstić information content (AvgIpc) is 2.22. The van der Waals surface area contributed by atoms with Gasteiger partial charge in [0.25, 0.3) is 0 Å². The number of hydrogen-bond donors (Lipinski definition) is 0. The number of rotatable bonds is 2. The molecule has 0 spiro atoms. The summed E-state index contributed by atoms with van der Waals surface area (Å²) < 4.78 is 19.1. The first kappa shape index (κ1) is 12.0. The molecule has 0 amide bonds. The number of halogens is 2. The molecule has 0 bridgehead atoms. The zero-order valence-corrected chi connectivity index (χ0v) is 11.0. The normalized spacial score (nSPS) is 10.4. The SMILES string of the molecule is Cc1cc(C)nc(Oc2ccc(Br)c(F)c2)n1. The topological polar surface area (TPSA) is 35.0 Å². The van der Waals surface area contributed by atoms with Crippen LogP contribution in [0.1, 0.15) is 11.4 Å². The van der Waals surface area contributed by atoms with Crippen LogP contribution < -0.4 is 4.74 Å². The minimum Gasteiger partial charge on any atom is -0.424 e. The Bertz CT molecular complexity index is 540. The van der Waals surface area contributed by atoms with Gasteiger partial charge in [0.05, 0.1) is 4.47 Å². The lowest BCUT2D eigenvalue weighted by Gasteiger charge is -2.05. The molecule has 1 aromatic carbocycles. The van der Waals surface area contributed by atoms with Gasteiger partial charge in [0, 0.05) is 17.5 Å². The zero-order valence-electron chi connectivity index (χ0n) is 9.37. The van der Waals surface area contributed by atoms with Crippen molar-refractivity contribution in [3.8, 4) is 11.8 Å². The third-order valence-electron chi connectivity index (χ3n) is 2.06. The highest BCUT2D eigenvalue weighted by atomic mass is 79.9. The molecule has 3 nitrogen and oxygen atoms in total. The number of hydrogen-bond acceptors (Lipinski definition) is 3. The molecule has 5 heteroatoms. The van der Waals surface area contributed by atoms with Crippen molar-refractivity contribution in [3.63, 3.8) is 0 Å². The van der Waals surface area contributed by atoms with E-state index in [4.69, 9.17) is 4.74 Å². The lowest BCUT2D eigenvalue weighted by molar-refractivity contribution is 0.435. The van der Waals surface area contributed by atoms with E-state index in [2.05, 4.69) is 25.9 Å². The summed E-state index contributed by atoms with van der Waals surface area (Å²) in [5.41, 5.74) is 1.62. The van der Waals surface area contributed by atoms with E-state index in [1.807, 2.05) is 19.9 Å². The van der Waals surface area contributed by atoms with E-state index in [1.54, 1.807) is 12.1 Å². The molecule has 17 heavy (non-hydrogen) atoms. The monoisotopic (exact) mass is 296 g/mol. The van der Waals surface area contributed by atoms with Gasteiger partial charge in [-0.1, -0.05) is 0 Å². The predicted molar refractivity (Wildman–Crippen MR) is 65.7 cm³/mol. The number of aromatic nitrogens is 2. The van der Waals surface area contributed by atoms with Crippen LogP contribution >= 0.6 is 15.9 Å². The molecule has 2 aromatic rings. The lowest BCUT2D eigenvalue weighted by atomic mass is 10.3. The van der Waals surface area contributed by atoms with E-state index in [0.717, 1.165) is 11.4 Å². The predicted octanol–water partition coefficient (Wildman–Crippen LogP) is 3.79. The summed E-state index contributed by atoms with van der Waals surface area (Å²) in [6, 6.07) is 6.57. The van der Waals surface area contributed by atoms with Gasteiger partial charge >= 0.3 is 6.01 Å². The van der Waals surface area contributed by atoms with Crippen LogP contribution in [0.15, 0.2) is 28.7 Å². The third kappa shape index (κ3) is 3.00. The summed E-state index contributed by atoms with van der Waals surface area (Å²) in [5.74, 6) is -0.0115. The van der Waals surface area contributed by atoms with Crippen LogP contribution in [0.5, 0.6) is 11.8 Å². The van der Waals surface area contributed by atoms with Gasteiger partial charge in [0.1, 0.15) is 11.6 Å². The second-order valence-electron chi connectivity index (χ2n) is 3.61. The van der Waals surface area contributed by atoms with E-state index >= 15 is 0 Å². The van der Waals surface area contributed by atoms with Crippen LogP contribution in [-0.2, 0) is 0 Å². The average molecular weight is 297 g/mol. The highest BCUT2D eigenvalue weighted by Crippen LogP contribution is 2.24. The fraction of sp³-hybridized carbons (Fsp3) is 0.167. The summed E-state index contributed by atoms with van der Waals surface area (Å²) in [4.78, 5) is 8.23. The summed E-state index contributed by atoms with van der Waals surface area (Å²) in [5, 5.41) is 0. The van der Waals surface area contributed by atoms with E-state index in [0.29, 0.717) is 10.2 Å². The van der Waals surface area contributed by atoms with Gasteiger partial charge in [-0.15, -0.1) is 0 Å². The second-order valence-corrected chi connectivity index (χ2v) is 4.47. The summed E-state index contributed by atoms with van der Waals surface area (Å²) >= 11 is 3.08. The lowest BCUT2D eigenvalue weighted by Crippen LogP contribution is -1.96. The summed E-state index contributed by atoms with van der Waals surface area (Å²) in [7, 11) is 0. The zero-order chi connectivity index (χ0) is 12.4. The van der Waals surface area contributed by atoms with Crippen LogP contribution in [0.4, 0.5) is 4.39 Å². The first-order valence-electron chi connectivity index (χ1n) is 5.00. The molecule has 88 valence electrons. The van der Waals surface area contributed by atoms with Gasteiger partial charge in [-0.3, -0.25) is 0 Å². The molecule has 0 saturated carbocycles. The largest absolute Gasteiger partial charge is 0.424 e. The Kier molecular flexibility index (Phi) is 3.38. The maximum Gasteiger partial charge on any atom is 0.322 e. The number of nitrogens with zero attached hydrogens (tertiary/aromatic N) is 2. The van der Waals surface area contributed by atoms with Crippen LogP contribution in [0.25, 0.3) is 0 Å². The van der Waals surface area contributed by atoms with Gasteiger partial charge in [-0.05, 0) is 48.0 Å². The van der Waals surface area contributed by atoms with Crippen LogP contribution in [0.3, 0.4) is 0 Å². The van der Waals surface area contributed by atoms with Crippen molar-refractivity contribution in [1.82, 2.24) is 9.97 Å². The molecular formula is C12H10BrFN2O. The van der Waals surface area contributed by atoms with Crippen molar-refractivity contribution in [2.45, 2.75) is 13.8 Å². The smallest absolute Gasteiger partial charge is 0.322 e. The molecule has 0 aliphatic rings. The molecule has 2 rings (SSSR count). The van der Waals surface area contributed by atoms with E-state index in [1.165, 1.54) is 6.07 Å². The quantitative estimate of drug-likeness (QED) is 0.846. The Morgan fingerprint density at radius 1 is 1.12 bits per heavy atom. The Morgan fingerprint density at radius 2 is 1.76 bits per heavy atom. The van der Waals surface area contributed by atoms with Crippen molar-refractivity contribution in [2.75, 3.05) is 0 Å². The van der Waals surface area contributed by atoms with Gasteiger partial charge in [0.2, 0.25) is 0 Å². The van der Waals surface area contributed by atoms with Crippen molar-refractivity contribution >= 4 is 15.9 Å². The Morgan fingerprint density at radius 3 is 2.35 bits per heavy atom. The number of aryl methyl sites for hydroxylation is 2. The minimum atomic E-state index is -0.383. The molecule has 0 radical (unpaired) electrons.